The fraction of sp³-hybridized carbons (Fsp3) is 0.364. The van der Waals surface area contributed by atoms with Crippen LogP contribution in [0.1, 0.15) is 29.8 Å². The van der Waals surface area contributed by atoms with Crippen molar-refractivity contribution in [2.45, 2.75) is 25.1 Å². The maximum atomic E-state index is 5.59. The van der Waals surface area contributed by atoms with Crippen molar-refractivity contribution in [1.29, 1.82) is 0 Å². The third kappa shape index (κ3) is 2.14. The van der Waals surface area contributed by atoms with Crippen LogP contribution in [0.25, 0.3) is 11.5 Å². The van der Waals surface area contributed by atoms with Gasteiger partial charge in [-0.1, -0.05) is 22.9 Å². The first-order valence-electron chi connectivity index (χ1n) is 5.11. The molecule has 0 aromatic carbocycles. The molecule has 2 heterocycles. The zero-order valence-corrected chi connectivity index (χ0v) is 10.7. The lowest BCUT2D eigenvalue weighted by atomic mass is 10.2. The minimum atomic E-state index is 0.116. The number of aryl methyl sites for hydroxylation is 1. The van der Waals surface area contributed by atoms with Crippen molar-refractivity contribution in [2.75, 3.05) is 0 Å². The van der Waals surface area contributed by atoms with Crippen molar-refractivity contribution in [1.82, 2.24) is 15.2 Å². The lowest BCUT2D eigenvalue weighted by Gasteiger charge is -1.99. The highest BCUT2D eigenvalue weighted by molar-refractivity contribution is 9.09. The predicted molar refractivity (Wildman–Crippen MR) is 64.2 cm³/mol. The second-order valence-electron chi connectivity index (χ2n) is 3.46. The molecule has 4 nitrogen and oxygen atoms in total. The molecule has 1 atom stereocenters. The summed E-state index contributed by atoms with van der Waals surface area (Å²) in [7, 11) is 0. The third-order valence-electron chi connectivity index (χ3n) is 2.30. The molecule has 0 saturated heterocycles. The monoisotopic (exact) mass is 281 g/mol. The number of hydrogen-bond donors (Lipinski definition) is 0. The first-order valence-corrected chi connectivity index (χ1v) is 6.03. The van der Waals surface area contributed by atoms with Crippen LogP contribution in [0.4, 0.5) is 0 Å². The van der Waals surface area contributed by atoms with E-state index < -0.39 is 0 Å². The number of halogens is 1. The van der Waals surface area contributed by atoms with Crippen molar-refractivity contribution in [3.8, 4) is 11.5 Å². The number of rotatable bonds is 3. The van der Waals surface area contributed by atoms with Crippen molar-refractivity contribution in [3.05, 3.63) is 29.9 Å². The number of hydrogen-bond acceptors (Lipinski definition) is 4. The second-order valence-corrected chi connectivity index (χ2v) is 4.56. The Kier molecular flexibility index (Phi) is 3.33. The number of alkyl halides is 1. The number of aromatic nitrogens is 3. The van der Waals surface area contributed by atoms with Gasteiger partial charge in [-0.3, -0.25) is 4.98 Å². The third-order valence-corrected chi connectivity index (χ3v) is 3.34. The van der Waals surface area contributed by atoms with E-state index in [1.807, 2.05) is 19.1 Å². The fourth-order valence-corrected chi connectivity index (χ4v) is 1.54. The molecular weight excluding hydrogens is 270 g/mol. The molecule has 0 spiro atoms. The molecule has 84 valence electrons. The Morgan fingerprint density at radius 2 is 2.25 bits per heavy atom. The molecule has 2 aromatic rings. The van der Waals surface area contributed by atoms with Gasteiger partial charge in [0.15, 0.2) is 0 Å². The molecule has 1 unspecified atom stereocenters. The normalized spacial score (nSPS) is 12.7. The molecule has 16 heavy (non-hydrogen) atoms. The highest BCUT2D eigenvalue weighted by atomic mass is 79.9. The van der Waals surface area contributed by atoms with E-state index in [9.17, 15) is 0 Å². The molecular formula is C11H12BrN3O. The molecule has 0 N–H and O–H groups in total. The van der Waals surface area contributed by atoms with E-state index in [0.29, 0.717) is 11.8 Å². The summed E-state index contributed by atoms with van der Waals surface area (Å²) in [6, 6.07) is 3.78. The standard InChI is InChI=1S/C11H12BrN3O/c1-3-9(12)11-15-14-10(16-11)8-5-4-6-13-7(8)2/h4-6,9H,3H2,1-2H3. The highest BCUT2D eigenvalue weighted by Crippen LogP contribution is 2.28. The van der Waals surface area contributed by atoms with Crippen LogP contribution in [-0.4, -0.2) is 15.2 Å². The van der Waals surface area contributed by atoms with Crippen molar-refractivity contribution < 1.29 is 4.42 Å². The molecule has 5 heteroatoms. The molecule has 2 aromatic heterocycles. The topological polar surface area (TPSA) is 51.8 Å². The molecule has 0 amide bonds. The zero-order chi connectivity index (χ0) is 11.5. The van der Waals surface area contributed by atoms with E-state index in [2.05, 4.69) is 38.0 Å². The van der Waals surface area contributed by atoms with Gasteiger partial charge in [0.1, 0.15) is 0 Å². The first kappa shape index (κ1) is 11.3. The Morgan fingerprint density at radius 1 is 1.44 bits per heavy atom. The Morgan fingerprint density at radius 3 is 2.94 bits per heavy atom. The zero-order valence-electron chi connectivity index (χ0n) is 9.14. The molecule has 0 fully saturated rings. The smallest absolute Gasteiger partial charge is 0.249 e. The summed E-state index contributed by atoms with van der Waals surface area (Å²) in [4.78, 5) is 4.31. The molecule has 0 bridgehead atoms. The summed E-state index contributed by atoms with van der Waals surface area (Å²) in [5.41, 5.74) is 1.78. The van der Waals surface area contributed by atoms with E-state index in [1.54, 1.807) is 6.20 Å². The molecule has 0 saturated carbocycles. The molecule has 2 rings (SSSR count). The van der Waals surface area contributed by atoms with E-state index in [0.717, 1.165) is 17.7 Å². The summed E-state index contributed by atoms with van der Waals surface area (Å²) in [5, 5.41) is 8.04. The minimum absolute atomic E-state index is 0.116. The minimum Gasteiger partial charge on any atom is -0.419 e. The maximum absolute atomic E-state index is 5.59. The van der Waals surface area contributed by atoms with Crippen LogP contribution >= 0.6 is 15.9 Å². The van der Waals surface area contributed by atoms with Crippen LogP contribution in [0.5, 0.6) is 0 Å². The van der Waals surface area contributed by atoms with Gasteiger partial charge >= 0.3 is 0 Å². The largest absolute Gasteiger partial charge is 0.419 e. The highest BCUT2D eigenvalue weighted by Gasteiger charge is 2.15. The molecule has 0 aliphatic carbocycles. The van der Waals surface area contributed by atoms with Gasteiger partial charge in [0.25, 0.3) is 0 Å². The van der Waals surface area contributed by atoms with Crippen LogP contribution in [0.15, 0.2) is 22.7 Å². The van der Waals surface area contributed by atoms with E-state index in [4.69, 9.17) is 4.42 Å². The van der Waals surface area contributed by atoms with Gasteiger partial charge in [-0.25, -0.2) is 0 Å². The summed E-state index contributed by atoms with van der Waals surface area (Å²) in [6.07, 6.45) is 2.66. The molecule has 0 aliphatic heterocycles. The quantitative estimate of drug-likeness (QED) is 0.810. The number of pyridine rings is 1. The average Bonchev–Trinajstić information content (AvgIpc) is 2.78. The molecule has 0 radical (unpaired) electrons. The lowest BCUT2D eigenvalue weighted by Crippen LogP contribution is -1.86. The van der Waals surface area contributed by atoms with Gasteiger partial charge < -0.3 is 4.42 Å². The Balaban J connectivity index is 2.35. The Labute approximate surface area is 102 Å². The van der Waals surface area contributed by atoms with Gasteiger partial charge in [-0.15, -0.1) is 10.2 Å². The first-order chi connectivity index (χ1) is 7.72. The van der Waals surface area contributed by atoms with Crippen LogP contribution in [-0.2, 0) is 0 Å². The maximum Gasteiger partial charge on any atom is 0.249 e. The van der Waals surface area contributed by atoms with Gasteiger partial charge in [0.05, 0.1) is 10.4 Å². The molecule has 0 aliphatic rings. The summed E-state index contributed by atoms with van der Waals surface area (Å²) in [6.45, 7) is 3.98. The Bertz CT molecular complexity index is 484. The fourth-order valence-electron chi connectivity index (χ4n) is 1.35. The average molecular weight is 282 g/mol. The lowest BCUT2D eigenvalue weighted by molar-refractivity contribution is 0.500. The Hall–Kier alpha value is -1.23. The second kappa shape index (κ2) is 4.74. The van der Waals surface area contributed by atoms with Crippen LogP contribution in [0, 0.1) is 6.92 Å². The SMILES string of the molecule is CCC(Br)c1nnc(-c2cccnc2C)o1. The predicted octanol–water partition coefficient (Wildman–Crippen LogP) is 3.29. The van der Waals surface area contributed by atoms with E-state index in [-0.39, 0.29) is 4.83 Å². The van der Waals surface area contributed by atoms with Gasteiger partial charge in [0.2, 0.25) is 11.8 Å². The van der Waals surface area contributed by atoms with Crippen molar-refractivity contribution in [2.24, 2.45) is 0 Å². The van der Waals surface area contributed by atoms with Crippen LogP contribution in [0.3, 0.4) is 0 Å². The van der Waals surface area contributed by atoms with Crippen molar-refractivity contribution in [3.63, 3.8) is 0 Å². The summed E-state index contributed by atoms with van der Waals surface area (Å²) in [5.74, 6) is 1.14. The summed E-state index contributed by atoms with van der Waals surface area (Å²) < 4.78 is 5.59. The van der Waals surface area contributed by atoms with Crippen LogP contribution in [0.2, 0.25) is 0 Å². The van der Waals surface area contributed by atoms with Gasteiger partial charge in [-0.05, 0) is 25.5 Å². The van der Waals surface area contributed by atoms with Crippen LogP contribution < -0.4 is 0 Å². The van der Waals surface area contributed by atoms with E-state index in [1.165, 1.54) is 0 Å². The summed E-state index contributed by atoms with van der Waals surface area (Å²) >= 11 is 3.48. The van der Waals surface area contributed by atoms with Gasteiger partial charge in [0, 0.05) is 11.9 Å². The van der Waals surface area contributed by atoms with Gasteiger partial charge in [-0.2, -0.15) is 0 Å². The van der Waals surface area contributed by atoms with Crippen molar-refractivity contribution >= 4 is 15.9 Å². The van der Waals surface area contributed by atoms with E-state index >= 15 is 0 Å². The number of nitrogens with zero attached hydrogens (tertiary/aromatic N) is 3.